The Morgan fingerprint density at radius 2 is 2.00 bits per heavy atom. The minimum Gasteiger partial charge on any atom is -0.496 e. The Balaban J connectivity index is 1.86. The number of rotatable bonds is 9. The Hall–Kier alpha value is -2.54. The highest BCUT2D eigenvalue weighted by Crippen LogP contribution is 2.27. The number of aliphatic imine (C=N–C) groups is 1. The van der Waals surface area contributed by atoms with Gasteiger partial charge in [-0.05, 0) is 46.5 Å². The van der Waals surface area contributed by atoms with E-state index in [1.807, 2.05) is 25.1 Å². The van der Waals surface area contributed by atoms with E-state index in [9.17, 15) is 0 Å². The third kappa shape index (κ3) is 5.99. The SMILES string of the molecule is CN=C(NCCCn1nc(C)cc1C)NCC(c1ccccc1OC)N(C)C. The van der Waals surface area contributed by atoms with Crippen LogP contribution in [0.4, 0.5) is 0 Å². The van der Waals surface area contributed by atoms with E-state index in [4.69, 9.17) is 4.74 Å². The Morgan fingerprint density at radius 1 is 1.25 bits per heavy atom. The summed E-state index contributed by atoms with van der Waals surface area (Å²) >= 11 is 0. The number of hydrogen-bond acceptors (Lipinski definition) is 4. The molecule has 0 aliphatic rings. The fraction of sp³-hybridized carbons (Fsp3) is 0.524. The summed E-state index contributed by atoms with van der Waals surface area (Å²) in [5, 5.41) is 11.3. The largest absolute Gasteiger partial charge is 0.496 e. The fourth-order valence-corrected chi connectivity index (χ4v) is 3.26. The molecule has 1 atom stereocenters. The predicted octanol–water partition coefficient (Wildman–Crippen LogP) is 2.37. The van der Waals surface area contributed by atoms with E-state index in [-0.39, 0.29) is 6.04 Å². The quantitative estimate of drug-likeness (QED) is 0.393. The summed E-state index contributed by atoms with van der Waals surface area (Å²) in [6.07, 6.45) is 0.978. The van der Waals surface area contributed by atoms with Crippen LogP contribution in [0.3, 0.4) is 0 Å². The maximum Gasteiger partial charge on any atom is 0.191 e. The number of aromatic nitrogens is 2. The molecule has 0 saturated carbocycles. The molecule has 2 aromatic rings. The molecule has 0 spiro atoms. The Morgan fingerprint density at radius 3 is 2.61 bits per heavy atom. The van der Waals surface area contributed by atoms with Crippen molar-refractivity contribution in [3.05, 3.63) is 47.3 Å². The maximum absolute atomic E-state index is 5.53. The second-order valence-corrected chi connectivity index (χ2v) is 7.11. The molecule has 0 aliphatic carbocycles. The summed E-state index contributed by atoms with van der Waals surface area (Å²) < 4.78 is 7.59. The number of methoxy groups -OCH3 is 1. The topological polar surface area (TPSA) is 66.7 Å². The van der Waals surface area contributed by atoms with E-state index in [2.05, 4.69) is 63.5 Å². The first-order chi connectivity index (χ1) is 13.5. The third-order valence-electron chi connectivity index (χ3n) is 4.75. The third-order valence-corrected chi connectivity index (χ3v) is 4.75. The summed E-state index contributed by atoms with van der Waals surface area (Å²) in [7, 11) is 7.65. The van der Waals surface area contributed by atoms with Crippen LogP contribution in [0.2, 0.25) is 0 Å². The van der Waals surface area contributed by atoms with Crippen molar-refractivity contribution in [3.8, 4) is 5.75 Å². The van der Waals surface area contributed by atoms with E-state index in [1.165, 1.54) is 5.69 Å². The van der Waals surface area contributed by atoms with Gasteiger partial charge in [0.05, 0.1) is 18.8 Å². The van der Waals surface area contributed by atoms with Gasteiger partial charge in [0.25, 0.3) is 0 Å². The van der Waals surface area contributed by atoms with E-state index in [0.29, 0.717) is 0 Å². The lowest BCUT2D eigenvalue weighted by molar-refractivity contribution is 0.287. The highest BCUT2D eigenvalue weighted by atomic mass is 16.5. The highest BCUT2D eigenvalue weighted by molar-refractivity contribution is 5.79. The van der Waals surface area contributed by atoms with Crippen molar-refractivity contribution in [1.29, 1.82) is 0 Å². The molecule has 0 saturated heterocycles. The number of hydrogen-bond donors (Lipinski definition) is 2. The molecular formula is C21H34N6O. The van der Waals surface area contributed by atoms with Crippen LogP contribution < -0.4 is 15.4 Å². The van der Waals surface area contributed by atoms with Crippen molar-refractivity contribution in [2.45, 2.75) is 32.9 Å². The van der Waals surface area contributed by atoms with Crippen molar-refractivity contribution < 1.29 is 4.74 Å². The van der Waals surface area contributed by atoms with Crippen LogP contribution >= 0.6 is 0 Å². The predicted molar refractivity (Wildman–Crippen MR) is 115 cm³/mol. The van der Waals surface area contributed by atoms with Gasteiger partial charge in [0, 0.05) is 37.9 Å². The Bertz CT molecular complexity index is 768. The van der Waals surface area contributed by atoms with Gasteiger partial charge in [0.15, 0.2) is 5.96 Å². The number of nitrogens with zero attached hydrogens (tertiary/aromatic N) is 4. The minimum atomic E-state index is 0.171. The molecule has 0 amide bonds. The van der Waals surface area contributed by atoms with E-state index < -0.39 is 0 Å². The Labute approximate surface area is 168 Å². The van der Waals surface area contributed by atoms with Crippen LogP contribution in [-0.2, 0) is 6.54 Å². The average Bonchev–Trinajstić information content (AvgIpc) is 3.00. The van der Waals surface area contributed by atoms with Crippen LogP contribution in [0.25, 0.3) is 0 Å². The molecular weight excluding hydrogens is 352 g/mol. The number of guanidine groups is 1. The number of ether oxygens (including phenoxy) is 1. The normalized spacial score (nSPS) is 12.9. The summed E-state index contributed by atoms with van der Waals surface area (Å²) in [5.74, 6) is 1.70. The zero-order chi connectivity index (χ0) is 20.5. The fourth-order valence-electron chi connectivity index (χ4n) is 3.26. The zero-order valence-electron chi connectivity index (χ0n) is 18.0. The smallest absolute Gasteiger partial charge is 0.191 e. The number of benzene rings is 1. The van der Waals surface area contributed by atoms with Crippen LogP contribution in [0.1, 0.15) is 29.4 Å². The summed E-state index contributed by atoms with van der Waals surface area (Å²) in [6.45, 7) is 6.57. The zero-order valence-corrected chi connectivity index (χ0v) is 18.0. The molecule has 2 rings (SSSR count). The molecule has 1 aromatic carbocycles. The number of para-hydroxylation sites is 1. The molecule has 0 bridgehead atoms. The van der Waals surface area contributed by atoms with Crippen molar-refractivity contribution >= 4 is 5.96 Å². The van der Waals surface area contributed by atoms with Gasteiger partial charge in [-0.15, -0.1) is 0 Å². The van der Waals surface area contributed by atoms with Crippen LogP contribution in [0.15, 0.2) is 35.3 Å². The lowest BCUT2D eigenvalue weighted by Crippen LogP contribution is -2.42. The monoisotopic (exact) mass is 386 g/mol. The van der Waals surface area contributed by atoms with E-state index in [0.717, 1.165) is 49.0 Å². The van der Waals surface area contributed by atoms with Crippen LogP contribution in [0.5, 0.6) is 5.75 Å². The van der Waals surface area contributed by atoms with Crippen molar-refractivity contribution in [2.75, 3.05) is 41.3 Å². The van der Waals surface area contributed by atoms with Gasteiger partial charge in [0.1, 0.15) is 5.75 Å². The first kappa shape index (κ1) is 21.8. The van der Waals surface area contributed by atoms with Crippen molar-refractivity contribution in [2.24, 2.45) is 4.99 Å². The molecule has 0 radical (unpaired) electrons. The number of likely N-dealkylation sites (N-methyl/N-ethyl adjacent to an activating group) is 1. The Kier molecular flexibility index (Phi) is 8.32. The van der Waals surface area contributed by atoms with Gasteiger partial charge < -0.3 is 20.3 Å². The molecule has 1 unspecified atom stereocenters. The summed E-state index contributed by atoms with van der Waals surface area (Å²) in [5.41, 5.74) is 3.42. The van der Waals surface area contributed by atoms with E-state index >= 15 is 0 Å². The molecule has 28 heavy (non-hydrogen) atoms. The van der Waals surface area contributed by atoms with Gasteiger partial charge in [0.2, 0.25) is 0 Å². The van der Waals surface area contributed by atoms with Gasteiger partial charge in [-0.1, -0.05) is 18.2 Å². The first-order valence-corrected chi connectivity index (χ1v) is 9.71. The van der Waals surface area contributed by atoms with Crippen molar-refractivity contribution in [1.82, 2.24) is 25.3 Å². The standard InChI is InChI=1S/C21H34N6O/c1-16-14-17(2)27(25-16)13-9-12-23-21(22-3)24-15-19(26(4)5)18-10-7-8-11-20(18)28-6/h7-8,10-11,14,19H,9,12-13,15H2,1-6H3,(H2,22,23,24). The van der Waals surface area contributed by atoms with Crippen LogP contribution in [-0.4, -0.2) is 62.0 Å². The first-order valence-electron chi connectivity index (χ1n) is 9.71. The van der Waals surface area contributed by atoms with Gasteiger partial charge >= 0.3 is 0 Å². The molecule has 1 aromatic heterocycles. The maximum atomic E-state index is 5.53. The van der Waals surface area contributed by atoms with E-state index in [1.54, 1.807) is 14.2 Å². The molecule has 154 valence electrons. The second-order valence-electron chi connectivity index (χ2n) is 7.11. The van der Waals surface area contributed by atoms with Crippen LogP contribution in [0, 0.1) is 13.8 Å². The second kappa shape index (κ2) is 10.7. The molecule has 7 nitrogen and oxygen atoms in total. The van der Waals surface area contributed by atoms with Gasteiger partial charge in [-0.25, -0.2) is 0 Å². The highest BCUT2D eigenvalue weighted by Gasteiger charge is 2.18. The molecule has 1 heterocycles. The number of nitrogens with one attached hydrogen (secondary N) is 2. The molecule has 2 N–H and O–H groups in total. The minimum absolute atomic E-state index is 0.171. The molecule has 0 fully saturated rings. The van der Waals surface area contributed by atoms with Gasteiger partial charge in [-0.3, -0.25) is 9.67 Å². The molecule has 0 aliphatic heterocycles. The average molecular weight is 387 g/mol. The summed E-state index contributed by atoms with van der Waals surface area (Å²) in [6, 6.07) is 10.4. The summed E-state index contributed by atoms with van der Waals surface area (Å²) in [4.78, 5) is 6.53. The molecule has 7 heteroatoms. The van der Waals surface area contributed by atoms with Gasteiger partial charge in [-0.2, -0.15) is 5.10 Å². The lowest BCUT2D eigenvalue weighted by Gasteiger charge is -2.27. The van der Waals surface area contributed by atoms with Crippen molar-refractivity contribution in [3.63, 3.8) is 0 Å². The number of aryl methyl sites for hydroxylation is 3. The lowest BCUT2D eigenvalue weighted by atomic mass is 10.0.